The molecule has 0 spiro atoms. The average molecular weight is 517 g/mol. The van der Waals surface area contributed by atoms with Crippen molar-refractivity contribution in [1.29, 1.82) is 0 Å². The van der Waals surface area contributed by atoms with Gasteiger partial charge in [0.05, 0.1) is 18.9 Å². The van der Waals surface area contributed by atoms with Crippen molar-refractivity contribution >= 4 is 11.4 Å². The number of morpholine rings is 1. The summed E-state index contributed by atoms with van der Waals surface area (Å²) in [4.78, 5) is 31.3. The van der Waals surface area contributed by atoms with Crippen molar-refractivity contribution in [3.8, 4) is 11.3 Å². The summed E-state index contributed by atoms with van der Waals surface area (Å²) in [6, 6.07) is 8.08. The maximum absolute atomic E-state index is 13.6. The highest BCUT2D eigenvalue weighted by Gasteiger charge is 2.26. The van der Waals surface area contributed by atoms with Crippen molar-refractivity contribution < 1.29 is 9.53 Å². The molecule has 5 heterocycles. The van der Waals surface area contributed by atoms with Crippen LogP contribution in [0, 0.1) is 20.8 Å². The van der Waals surface area contributed by atoms with Gasteiger partial charge in [-0.2, -0.15) is 5.10 Å². The molecule has 1 aliphatic rings. The number of pyridine rings is 2. The van der Waals surface area contributed by atoms with Gasteiger partial charge in [-0.25, -0.2) is 0 Å². The van der Waals surface area contributed by atoms with Gasteiger partial charge in [-0.1, -0.05) is 0 Å². The molecule has 2 N–H and O–H groups in total. The number of hydrogen-bond donors (Lipinski definition) is 2. The van der Waals surface area contributed by atoms with Gasteiger partial charge in [-0.15, -0.1) is 0 Å². The number of H-pyrrole nitrogens is 1. The maximum atomic E-state index is 13.6. The summed E-state index contributed by atoms with van der Waals surface area (Å²) in [6.07, 6.45) is 3.96. The van der Waals surface area contributed by atoms with Gasteiger partial charge >= 0.3 is 0 Å². The number of aromatic nitrogens is 4. The van der Waals surface area contributed by atoms with Crippen molar-refractivity contribution in [3.05, 3.63) is 80.7 Å². The lowest BCUT2D eigenvalue weighted by atomic mass is 10.0. The lowest BCUT2D eigenvalue weighted by molar-refractivity contribution is 0.0187. The zero-order valence-corrected chi connectivity index (χ0v) is 22.8. The summed E-state index contributed by atoms with van der Waals surface area (Å²) in [6.45, 7) is 14.0. The smallest absolute Gasteiger partial charge is 0.253 e. The minimum Gasteiger partial charge on any atom is -0.379 e. The topological polar surface area (TPSA) is 96.7 Å². The Morgan fingerprint density at radius 2 is 1.95 bits per heavy atom. The molecular weight excluding hydrogens is 480 g/mol. The third-order valence-electron chi connectivity index (χ3n) is 7.65. The van der Waals surface area contributed by atoms with Crippen molar-refractivity contribution in [3.63, 3.8) is 0 Å². The highest BCUT2D eigenvalue weighted by atomic mass is 16.5. The quantitative estimate of drug-likeness (QED) is 0.390. The summed E-state index contributed by atoms with van der Waals surface area (Å²) in [7, 11) is 0. The molecule has 1 atom stereocenters. The van der Waals surface area contributed by atoms with Gasteiger partial charge in [0, 0.05) is 78.2 Å². The monoisotopic (exact) mass is 516 g/mol. The van der Waals surface area contributed by atoms with Crippen LogP contribution in [-0.4, -0.2) is 56.3 Å². The molecular formula is C29H36N6O3. The predicted molar refractivity (Wildman–Crippen MR) is 148 cm³/mol. The van der Waals surface area contributed by atoms with E-state index >= 15 is 0 Å². The van der Waals surface area contributed by atoms with E-state index in [2.05, 4.69) is 50.8 Å². The van der Waals surface area contributed by atoms with Gasteiger partial charge in [0.2, 0.25) is 0 Å². The average Bonchev–Trinajstić information content (AvgIpc) is 3.54. The maximum Gasteiger partial charge on any atom is 0.253 e. The fourth-order valence-corrected chi connectivity index (χ4v) is 5.60. The number of rotatable bonds is 7. The molecule has 0 aromatic carbocycles. The number of aromatic amines is 1. The van der Waals surface area contributed by atoms with Gasteiger partial charge in [0.25, 0.3) is 11.5 Å². The predicted octanol–water partition coefficient (Wildman–Crippen LogP) is 3.76. The van der Waals surface area contributed by atoms with E-state index in [9.17, 15) is 9.59 Å². The fourth-order valence-electron chi connectivity index (χ4n) is 5.60. The zero-order valence-electron chi connectivity index (χ0n) is 22.8. The van der Waals surface area contributed by atoms with Crippen molar-refractivity contribution in [2.45, 2.75) is 53.8 Å². The van der Waals surface area contributed by atoms with Gasteiger partial charge in [0.1, 0.15) is 0 Å². The Morgan fingerprint density at radius 3 is 2.66 bits per heavy atom. The van der Waals surface area contributed by atoms with Gasteiger partial charge in [0.15, 0.2) is 0 Å². The van der Waals surface area contributed by atoms with E-state index in [1.165, 1.54) is 0 Å². The van der Waals surface area contributed by atoms with Crippen LogP contribution in [0.3, 0.4) is 0 Å². The largest absolute Gasteiger partial charge is 0.379 e. The van der Waals surface area contributed by atoms with Gasteiger partial charge in [-0.05, 0) is 70.0 Å². The molecule has 5 rings (SSSR count). The van der Waals surface area contributed by atoms with Crippen LogP contribution in [0.1, 0.15) is 58.3 Å². The molecule has 9 heteroatoms. The molecule has 4 aromatic rings. The Bertz CT molecular complexity index is 1540. The number of amides is 1. The van der Waals surface area contributed by atoms with Crippen molar-refractivity contribution in [2.24, 2.45) is 0 Å². The number of aryl methyl sites for hydroxylation is 3. The Morgan fingerprint density at radius 1 is 1.18 bits per heavy atom. The summed E-state index contributed by atoms with van der Waals surface area (Å²) in [5, 5.41) is 7.45. The zero-order chi connectivity index (χ0) is 27.0. The molecule has 1 unspecified atom stereocenters. The molecule has 4 aromatic heterocycles. The molecule has 0 aliphatic carbocycles. The molecule has 0 bridgehead atoms. The molecule has 9 nitrogen and oxygen atoms in total. The lowest BCUT2D eigenvalue weighted by Crippen LogP contribution is -2.39. The molecule has 200 valence electrons. The molecule has 0 saturated carbocycles. The number of carbonyl (C=O) groups excluding carboxylic acids is 1. The second-order valence-corrected chi connectivity index (χ2v) is 10.1. The number of nitrogens with one attached hydrogen (secondary N) is 2. The highest BCUT2D eigenvalue weighted by molar-refractivity contribution is 5.97. The number of carbonyl (C=O) groups is 1. The van der Waals surface area contributed by atoms with E-state index < -0.39 is 0 Å². The van der Waals surface area contributed by atoms with Crippen LogP contribution in [0.4, 0.5) is 0 Å². The van der Waals surface area contributed by atoms with E-state index in [0.29, 0.717) is 24.3 Å². The number of hydrogen-bond acceptors (Lipinski definition) is 5. The minimum absolute atomic E-state index is 0.0765. The third-order valence-corrected chi connectivity index (χ3v) is 7.65. The van der Waals surface area contributed by atoms with Crippen LogP contribution in [-0.2, 0) is 17.8 Å². The van der Waals surface area contributed by atoms with Gasteiger partial charge in [-0.3, -0.25) is 19.2 Å². The second kappa shape index (κ2) is 10.6. The molecule has 1 saturated heterocycles. The van der Waals surface area contributed by atoms with Crippen LogP contribution in [0.5, 0.6) is 0 Å². The van der Waals surface area contributed by atoms with Crippen LogP contribution >= 0.6 is 0 Å². The van der Waals surface area contributed by atoms with Crippen LogP contribution in [0.15, 0.2) is 41.5 Å². The second-order valence-electron chi connectivity index (χ2n) is 10.1. The minimum atomic E-state index is -0.193. The van der Waals surface area contributed by atoms with Crippen LogP contribution in [0.2, 0.25) is 0 Å². The Hall–Kier alpha value is -3.69. The molecule has 38 heavy (non-hydrogen) atoms. The Balaban J connectivity index is 1.57. The van der Waals surface area contributed by atoms with Crippen LogP contribution < -0.4 is 10.9 Å². The lowest BCUT2D eigenvalue weighted by Gasteiger charge is -2.34. The summed E-state index contributed by atoms with van der Waals surface area (Å²) in [5.41, 5.74) is 7.73. The van der Waals surface area contributed by atoms with E-state index in [1.807, 2.05) is 49.8 Å². The third kappa shape index (κ3) is 4.79. The Kier molecular flexibility index (Phi) is 7.23. The summed E-state index contributed by atoms with van der Waals surface area (Å²) < 4.78 is 9.78. The van der Waals surface area contributed by atoms with Gasteiger partial charge < -0.3 is 19.4 Å². The van der Waals surface area contributed by atoms with Crippen molar-refractivity contribution in [2.75, 3.05) is 26.3 Å². The standard InChI is InChI=1S/C29H36N6O3/c1-6-35-26(7-8-31-35)22-14-23-15-24(28(36)30-16-25-18(2)13-19(3)32-29(25)37)20(4)27(34(23)17-22)21(5)33-9-11-38-12-10-33/h7-8,13-15,17,21H,6,9-12,16H2,1-5H3,(H,30,36)(H,32,37). The number of nitrogens with zero attached hydrogens (tertiary/aromatic N) is 4. The molecule has 1 fully saturated rings. The summed E-state index contributed by atoms with van der Waals surface area (Å²) in [5.74, 6) is -0.193. The first kappa shape index (κ1) is 25.9. The van der Waals surface area contributed by atoms with E-state index in [1.54, 1.807) is 0 Å². The van der Waals surface area contributed by atoms with E-state index in [4.69, 9.17) is 4.74 Å². The Labute approximate surface area is 222 Å². The number of ether oxygens (including phenoxy) is 1. The first-order valence-electron chi connectivity index (χ1n) is 13.3. The summed E-state index contributed by atoms with van der Waals surface area (Å²) >= 11 is 0. The van der Waals surface area contributed by atoms with Crippen molar-refractivity contribution in [1.82, 2.24) is 29.4 Å². The SMILES string of the molecule is CCn1nccc1-c1cc2cc(C(=O)NCc3c(C)cc(C)[nH]c3=O)c(C)c(C(C)N3CCOCC3)n2c1. The highest BCUT2D eigenvalue weighted by Crippen LogP contribution is 2.32. The first-order chi connectivity index (χ1) is 18.3. The van der Waals surface area contributed by atoms with E-state index in [0.717, 1.165) is 58.9 Å². The first-order valence-corrected chi connectivity index (χ1v) is 13.3. The van der Waals surface area contributed by atoms with E-state index in [-0.39, 0.29) is 24.1 Å². The molecule has 0 radical (unpaired) electrons. The molecule has 1 amide bonds. The number of fused-ring (bicyclic) bond motifs is 1. The normalized spacial score (nSPS) is 15.2. The molecule has 1 aliphatic heterocycles. The van der Waals surface area contributed by atoms with Crippen LogP contribution in [0.25, 0.3) is 16.8 Å². The fraction of sp³-hybridized carbons (Fsp3) is 0.414.